The van der Waals surface area contributed by atoms with E-state index in [-0.39, 0.29) is 0 Å². The summed E-state index contributed by atoms with van der Waals surface area (Å²) in [4.78, 5) is 7.74. The molecule has 0 amide bonds. The molecular weight excluding hydrogens is 318 g/mol. The molecule has 3 nitrogen and oxygen atoms in total. The van der Waals surface area contributed by atoms with Crippen LogP contribution >= 0.6 is 0 Å². The molecule has 0 aromatic heterocycles. The summed E-state index contributed by atoms with van der Waals surface area (Å²) >= 11 is 0. The number of hydrogen-bond donors (Lipinski definition) is 0. The van der Waals surface area contributed by atoms with E-state index in [0.717, 1.165) is 39.3 Å². The highest BCUT2D eigenvalue weighted by molar-refractivity contribution is 5.12. The van der Waals surface area contributed by atoms with Crippen molar-refractivity contribution in [2.75, 3.05) is 39.3 Å². The van der Waals surface area contributed by atoms with Crippen molar-refractivity contribution in [1.82, 2.24) is 14.7 Å². The van der Waals surface area contributed by atoms with E-state index in [0.29, 0.717) is 0 Å². The molecule has 0 unspecified atom stereocenters. The summed E-state index contributed by atoms with van der Waals surface area (Å²) in [5.74, 6) is 1.50. The summed E-state index contributed by atoms with van der Waals surface area (Å²) in [6, 6.07) is 0. The number of allylic oxidation sites excluding steroid dienone is 1. The van der Waals surface area contributed by atoms with E-state index in [9.17, 15) is 0 Å². The van der Waals surface area contributed by atoms with Crippen molar-refractivity contribution in [2.45, 2.75) is 99.8 Å². The van der Waals surface area contributed by atoms with Crippen LogP contribution in [0.15, 0.2) is 11.5 Å². The first-order valence-corrected chi connectivity index (χ1v) is 11.6. The third-order valence-electron chi connectivity index (χ3n) is 5.55. The van der Waals surface area contributed by atoms with Crippen LogP contribution in [-0.4, -0.2) is 54.0 Å². The zero-order valence-corrected chi connectivity index (χ0v) is 19.2. The van der Waals surface area contributed by atoms with E-state index in [4.69, 9.17) is 0 Å². The van der Waals surface area contributed by atoms with E-state index < -0.39 is 0 Å². The molecule has 0 aliphatic carbocycles. The summed E-state index contributed by atoms with van der Waals surface area (Å²) in [7, 11) is 0. The van der Waals surface area contributed by atoms with Crippen LogP contribution in [0, 0.1) is 0 Å². The predicted octanol–water partition coefficient (Wildman–Crippen LogP) is 6.32. The predicted molar refractivity (Wildman–Crippen MR) is 118 cm³/mol. The lowest BCUT2D eigenvalue weighted by molar-refractivity contribution is 0.207. The number of hydrogen-bond acceptors (Lipinski definition) is 3. The molecule has 0 fully saturated rings. The molecule has 0 N–H and O–H groups in total. The van der Waals surface area contributed by atoms with Gasteiger partial charge in [-0.05, 0) is 54.4 Å². The Morgan fingerprint density at radius 1 is 0.462 bits per heavy atom. The highest BCUT2D eigenvalue weighted by atomic mass is 15.3. The maximum atomic E-state index is 2.60. The summed E-state index contributed by atoms with van der Waals surface area (Å²) in [6.07, 6.45) is 10.9. The Bertz CT molecular complexity index is 325. The second-order valence-corrected chi connectivity index (χ2v) is 7.16. The fourth-order valence-electron chi connectivity index (χ4n) is 3.88. The van der Waals surface area contributed by atoms with E-state index in [2.05, 4.69) is 63.2 Å². The molecule has 0 aromatic carbocycles. The Labute approximate surface area is 165 Å². The molecule has 0 aliphatic rings. The smallest absolute Gasteiger partial charge is 0.124 e. The minimum Gasteiger partial charge on any atom is -0.372 e. The monoisotopic (exact) mass is 367 g/mol. The van der Waals surface area contributed by atoms with Gasteiger partial charge in [0.05, 0.1) is 5.70 Å². The van der Waals surface area contributed by atoms with Crippen LogP contribution in [0.25, 0.3) is 0 Å². The Morgan fingerprint density at radius 2 is 0.846 bits per heavy atom. The van der Waals surface area contributed by atoms with Gasteiger partial charge in [0.2, 0.25) is 0 Å². The SMILES string of the molecule is CCCCCCCCCC(=C(N(CC)CC)N(CC)CC)N(CC)CC. The second-order valence-electron chi connectivity index (χ2n) is 7.16. The molecule has 0 aliphatic heterocycles. The van der Waals surface area contributed by atoms with Gasteiger partial charge in [0.25, 0.3) is 0 Å². The summed E-state index contributed by atoms with van der Waals surface area (Å²) < 4.78 is 0. The molecule has 3 heteroatoms. The minimum atomic E-state index is 1.09. The maximum absolute atomic E-state index is 2.60. The zero-order valence-electron chi connectivity index (χ0n) is 19.2. The van der Waals surface area contributed by atoms with Gasteiger partial charge >= 0.3 is 0 Å². The van der Waals surface area contributed by atoms with Crippen LogP contribution in [0.1, 0.15) is 99.8 Å². The Morgan fingerprint density at radius 3 is 1.23 bits per heavy atom. The van der Waals surface area contributed by atoms with Crippen molar-refractivity contribution in [1.29, 1.82) is 0 Å². The number of unbranched alkanes of at least 4 members (excludes halogenated alkanes) is 6. The maximum Gasteiger partial charge on any atom is 0.124 e. The largest absolute Gasteiger partial charge is 0.372 e. The Balaban J connectivity index is 5.30. The first-order valence-electron chi connectivity index (χ1n) is 11.6. The molecule has 156 valence electrons. The van der Waals surface area contributed by atoms with Crippen LogP contribution in [0.4, 0.5) is 0 Å². The first kappa shape index (κ1) is 25.1. The highest BCUT2D eigenvalue weighted by Crippen LogP contribution is 2.24. The molecule has 0 aromatic rings. The van der Waals surface area contributed by atoms with Gasteiger partial charge in [-0.2, -0.15) is 0 Å². The molecule has 0 spiro atoms. The Kier molecular flexibility index (Phi) is 15.8. The standard InChI is InChI=1S/C23H49N3/c1-8-15-16-17-18-19-20-21-22(24(9-2)10-3)23(25(11-4)12-5)26(13-6)14-7/h8-21H2,1-7H3. The normalized spacial score (nSPS) is 10.7. The van der Waals surface area contributed by atoms with Crippen molar-refractivity contribution in [3.8, 4) is 0 Å². The average molecular weight is 368 g/mol. The van der Waals surface area contributed by atoms with Gasteiger partial charge in [-0.25, -0.2) is 0 Å². The van der Waals surface area contributed by atoms with Gasteiger partial charge in [0, 0.05) is 39.3 Å². The van der Waals surface area contributed by atoms with Gasteiger partial charge < -0.3 is 14.7 Å². The van der Waals surface area contributed by atoms with Crippen molar-refractivity contribution in [3.63, 3.8) is 0 Å². The van der Waals surface area contributed by atoms with Crippen molar-refractivity contribution >= 4 is 0 Å². The van der Waals surface area contributed by atoms with Crippen molar-refractivity contribution in [2.24, 2.45) is 0 Å². The zero-order chi connectivity index (χ0) is 19.8. The molecular formula is C23H49N3. The second kappa shape index (κ2) is 16.3. The van der Waals surface area contributed by atoms with E-state index in [1.54, 1.807) is 5.70 Å². The van der Waals surface area contributed by atoms with Crippen LogP contribution in [0.3, 0.4) is 0 Å². The molecule has 0 heterocycles. The van der Waals surface area contributed by atoms with E-state index >= 15 is 0 Å². The van der Waals surface area contributed by atoms with Crippen molar-refractivity contribution < 1.29 is 0 Å². The lowest BCUT2D eigenvalue weighted by Gasteiger charge is -2.39. The van der Waals surface area contributed by atoms with Crippen LogP contribution in [0.2, 0.25) is 0 Å². The quantitative estimate of drug-likeness (QED) is 0.278. The molecule has 0 saturated heterocycles. The molecule has 0 radical (unpaired) electrons. The highest BCUT2D eigenvalue weighted by Gasteiger charge is 2.20. The fourth-order valence-corrected chi connectivity index (χ4v) is 3.88. The van der Waals surface area contributed by atoms with Crippen LogP contribution < -0.4 is 0 Å². The average Bonchev–Trinajstić information content (AvgIpc) is 2.67. The number of rotatable bonds is 17. The third kappa shape index (κ3) is 8.68. The summed E-state index contributed by atoms with van der Waals surface area (Å²) in [6.45, 7) is 22.6. The number of nitrogens with zero attached hydrogens (tertiary/aromatic N) is 3. The molecule has 0 saturated carbocycles. The summed E-state index contributed by atoms with van der Waals surface area (Å²) in [5, 5.41) is 0. The third-order valence-corrected chi connectivity index (χ3v) is 5.55. The van der Waals surface area contributed by atoms with E-state index in [1.165, 1.54) is 57.2 Å². The Hall–Kier alpha value is -0.860. The van der Waals surface area contributed by atoms with Gasteiger partial charge in [-0.1, -0.05) is 45.4 Å². The lowest BCUT2D eigenvalue weighted by atomic mass is 10.1. The topological polar surface area (TPSA) is 9.72 Å². The van der Waals surface area contributed by atoms with E-state index in [1.807, 2.05) is 0 Å². The van der Waals surface area contributed by atoms with Gasteiger partial charge in [0.1, 0.15) is 5.82 Å². The lowest BCUT2D eigenvalue weighted by Crippen LogP contribution is -2.40. The molecule has 0 bridgehead atoms. The minimum absolute atomic E-state index is 1.09. The van der Waals surface area contributed by atoms with Crippen LogP contribution in [-0.2, 0) is 0 Å². The van der Waals surface area contributed by atoms with Gasteiger partial charge in [-0.15, -0.1) is 0 Å². The first-order chi connectivity index (χ1) is 12.6. The fraction of sp³-hybridized carbons (Fsp3) is 0.913. The van der Waals surface area contributed by atoms with Gasteiger partial charge in [-0.3, -0.25) is 0 Å². The molecule has 0 atom stereocenters. The van der Waals surface area contributed by atoms with Crippen molar-refractivity contribution in [3.05, 3.63) is 11.5 Å². The molecule has 26 heavy (non-hydrogen) atoms. The molecule has 0 rings (SSSR count). The summed E-state index contributed by atoms with van der Waals surface area (Å²) in [5.41, 5.74) is 1.58. The van der Waals surface area contributed by atoms with Crippen LogP contribution in [0.5, 0.6) is 0 Å². The van der Waals surface area contributed by atoms with Gasteiger partial charge in [0.15, 0.2) is 0 Å².